The Kier molecular flexibility index (Phi) is 4.19. The van der Waals surface area contributed by atoms with Crippen molar-refractivity contribution >= 4 is 10.0 Å². The third-order valence-electron chi connectivity index (χ3n) is 2.67. The standard InChI is InChI=1S/C8H15F3N2O2S/c9-8(10,11)7(12)5-13-16(14,15)6-3-1-2-4-6/h6-7,13H,1-5,12H2. The van der Waals surface area contributed by atoms with E-state index in [1.807, 2.05) is 4.72 Å². The SMILES string of the molecule is NC(CNS(=O)(=O)C1CCCC1)C(F)(F)F. The molecule has 1 rings (SSSR count). The molecule has 0 heterocycles. The van der Waals surface area contributed by atoms with Crippen molar-refractivity contribution in [3.63, 3.8) is 0 Å². The fourth-order valence-electron chi connectivity index (χ4n) is 1.64. The van der Waals surface area contributed by atoms with E-state index in [1.54, 1.807) is 0 Å². The van der Waals surface area contributed by atoms with Gasteiger partial charge in [0.2, 0.25) is 10.0 Å². The molecule has 0 radical (unpaired) electrons. The lowest BCUT2D eigenvalue weighted by atomic mass is 10.3. The highest BCUT2D eigenvalue weighted by molar-refractivity contribution is 7.90. The minimum atomic E-state index is -4.57. The van der Waals surface area contributed by atoms with Gasteiger partial charge in [0.05, 0.1) is 5.25 Å². The van der Waals surface area contributed by atoms with Crippen LogP contribution in [0.15, 0.2) is 0 Å². The maximum Gasteiger partial charge on any atom is 0.404 e. The number of rotatable bonds is 4. The van der Waals surface area contributed by atoms with E-state index in [2.05, 4.69) is 0 Å². The second kappa shape index (κ2) is 4.89. The normalized spacial score (nSPS) is 21.2. The van der Waals surface area contributed by atoms with Crippen molar-refractivity contribution in [1.82, 2.24) is 4.72 Å². The van der Waals surface area contributed by atoms with Crippen molar-refractivity contribution in [1.29, 1.82) is 0 Å². The largest absolute Gasteiger partial charge is 0.404 e. The van der Waals surface area contributed by atoms with E-state index in [1.165, 1.54) is 0 Å². The van der Waals surface area contributed by atoms with Crippen molar-refractivity contribution in [3.05, 3.63) is 0 Å². The summed E-state index contributed by atoms with van der Waals surface area (Å²) in [6, 6.07) is -2.15. The first-order valence-electron chi connectivity index (χ1n) is 5.04. The minimum Gasteiger partial charge on any atom is -0.319 e. The van der Waals surface area contributed by atoms with E-state index in [0.717, 1.165) is 12.8 Å². The van der Waals surface area contributed by atoms with Gasteiger partial charge in [-0.25, -0.2) is 13.1 Å². The van der Waals surface area contributed by atoms with Gasteiger partial charge in [-0.3, -0.25) is 0 Å². The van der Waals surface area contributed by atoms with Crippen LogP contribution < -0.4 is 10.5 Å². The number of halogens is 3. The smallest absolute Gasteiger partial charge is 0.319 e. The molecule has 0 amide bonds. The van der Waals surface area contributed by atoms with Gasteiger partial charge in [0.15, 0.2) is 0 Å². The first kappa shape index (κ1) is 13.7. The highest BCUT2D eigenvalue weighted by Crippen LogP contribution is 2.24. The van der Waals surface area contributed by atoms with Gasteiger partial charge >= 0.3 is 6.18 Å². The third-order valence-corrected chi connectivity index (χ3v) is 4.58. The summed E-state index contributed by atoms with van der Waals surface area (Å²) >= 11 is 0. The summed E-state index contributed by atoms with van der Waals surface area (Å²) in [5, 5.41) is -0.562. The predicted octanol–water partition coefficient (Wildman–Crippen LogP) is 0.738. The molecule has 1 aliphatic rings. The molecule has 0 aromatic carbocycles. The van der Waals surface area contributed by atoms with Gasteiger partial charge in [-0.05, 0) is 12.8 Å². The quantitative estimate of drug-likeness (QED) is 0.783. The number of alkyl halides is 3. The highest BCUT2D eigenvalue weighted by atomic mass is 32.2. The molecular formula is C8H15F3N2O2S. The van der Waals surface area contributed by atoms with Crippen LogP contribution in [-0.2, 0) is 10.0 Å². The molecular weight excluding hydrogens is 245 g/mol. The van der Waals surface area contributed by atoms with Crippen molar-refractivity contribution in [2.45, 2.75) is 43.2 Å². The Hall–Kier alpha value is -0.340. The van der Waals surface area contributed by atoms with Crippen LogP contribution in [0.4, 0.5) is 13.2 Å². The Labute approximate surface area is 92.4 Å². The van der Waals surface area contributed by atoms with Crippen molar-refractivity contribution in [3.8, 4) is 0 Å². The Morgan fingerprint density at radius 3 is 2.25 bits per heavy atom. The molecule has 1 saturated carbocycles. The van der Waals surface area contributed by atoms with Gasteiger partial charge in [-0.1, -0.05) is 12.8 Å². The van der Waals surface area contributed by atoms with Gasteiger partial charge in [-0.2, -0.15) is 13.2 Å². The molecule has 0 aliphatic heterocycles. The first-order valence-corrected chi connectivity index (χ1v) is 6.59. The zero-order valence-electron chi connectivity index (χ0n) is 8.63. The number of hydrogen-bond acceptors (Lipinski definition) is 3. The summed E-state index contributed by atoms with van der Waals surface area (Å²) in [7, 11) is -3.65. The fraction of sp³-hybridized carbons (Fsp3) is 1.00. The Balaban J connectivity index is 2.48. The zero-order valence-corrected chi connectivity index (χ0v) is 9.44. The lowest BCUT2D eigenvalue weighted by molar-refractivity contribution is -0.145. The first-order chi connectivity index (χ1) is 7.23. The molecule has 3 N–H and O–H groups in total. The van der Waals surface area contributed by atoms with E-state index >= 15 is 0 Å². The molecule has 8 heteroatoms. The summed E-state index contributed by atoms with van der Waals surface area (Å²) in [6.45, 7) is -0.789. The lowest BCUT2D eigenvalue weighted by Gasteiger charge is -2.18. The molecule has 96 valence electrons. The van der Waals surface area contributed by atoms with Gasteiger partial charge in [0.25, 0.3) is 0 Å². The van der Waals surface area contributed by atoms with E-state index in [0.29, 0.717) is 12.8 Å². The molecule has 0 aromatic heterocycles. The number of nitrogens with one attached hydrogen (secondary N) is 1. The topological polar surface area (TPSA) is 72.2 Å². The number of hydrogen-bond donors (Lipinski definition) is 2. The van der Waals surface area contributed by atoms with Crippen LogP contribution in [0.3, 0.4) is 0 Å². The van der Waals surface area contributed by atoms with Crippen LogP contribution >= 0.6 is 0 Å². The second-order valence-electron chi connectivity index (χ2n) is 3.95. The van der Waals surface area contributed by atoms with E-state index in [-0.39, 0.29) is 0 Å². The van der Waals surface area contributed by atoms with Crippen LogP contribution in [0.1, 0.15) is 25.7 Å². The maximum absolute atomic E-state index is 12.0. The molecule has 1 fully saturated rings. The van der Waals surface area contributed by atoms with Gasteiger partial charge < -0.3 is 5.73 Å². The molecule has 0 saturated heterocycles. The van der Waals surface area contributed by atoms with Crippen LogP contribution in [0, 0.1) is 0 Å². The molecule has 16 heavy (non-hydrogen) atoms. The Bertz CT molecular complexity index is 323. The minimum absolute atomic E-state index is 0.511. The second-order valence-corrected chi connectivity index (χ2v) is 5.99. The third kappa shape index (κ3) is 3.60. The molecule has 0 spiro atoms. The van der Waals surface area contributed by atoms with Crippen LogP contribution in [0.2, 0.25) is 0 Å². The van der Waals surface area contributed by atoms with Crippen LogP contribution in [0.5, 0.6) is 0 Å². The molecule has 1 atom stereocenters. The van der Waals surface area contributed by atoms with E-state index < -0.39 is 34.0 Å². The average molecular weight is 260 g/mol. The van der Waals surface area contributed by atoms with E-state index in [9.17, 15) is 21.6 Å². The van der Waals surface area contributed by atoms with Crippen LogP contribution in [0.25, 0.3) is 0 Å². The summed E-state index contributed by atoms with van der Waals surface area (Å²) in [5.74, 6) is 0. The van der Waals surface area contributed by atoms with Crippen molar-refractivity contribution < 1.29 is 21.6 Å². The Morgan fingerprint density at radius 2 is 1.81 bits per heavy atom. The molecule has 0 aromatic rings. The fourth-order valence-corrected chi connectivity index (χ4v) is 3.24. The monoisotopic (exact) mass is 260 g/mol. The maximum atomic E-state index is 12.0. The number of nitrogens with two attached hydrogens (primary N) is 1. The zero-order chi connectivity index (χ0) is 12.4. The highest BCUT2D eigenvalue weighted by Gasteiger charge is 2.38. The molecule has 0 bridgehead atoms. The van der Waals surface area contributed by atoms with Crippen molar-refractivity contribution in [2.75, 3.05) is 6.54 Å². The lowest BCUT2D eigenvalue weighted by Crippen LogP contribution is -2.48. The summed E-state index contributed by atoms with van der Waals surface area (Å²) in [6.07, 6.45) is -1.95. The summed E-state index contributed by atoms with van der Waals surface area (Å²) < 4.78 is 61.1. The molecule has 1 unspecified atom stereocenters. The van der Waals surface area contributed by atoms with Gasteiger partial charge in [0, 0.05) is 6.54 Å². The molecule has 1 aliphatic carbocycles. The van der Waals surface area contributed by atoms with Gasteiger partial charge in [-0.15, -0.1) is 0 Å². The van der Waals surface area contributed by atoms with E-state index in [4.69, 9.17) is 5.73 Å². The van der Waals surface area contributed by atoms with Gasteiger partial charge in [0.1, 0.15) is 6.04 Å². The Morgan fingerprint density at radius 1 is 1.31 bits per heavy atom. The van der Waals surface area contributed by atoms with Crippen molar-refractivity contribution in [2.24, 2.45) is 5.73 Å². The summed E-state index contributed by atoms with van der Waals surface area (Å²) in [4.78, 5) is 0. The molecule has 4 nitrogen and oxygen atoms in total. The predicted molar refractivity (Wildman–Crippen MR) is 53.2 cm³/mol. The average Bonchev–Trinajstić information content (AvgIpc) is 2.65. The number of sulfonamides is 1. The van der Waals surface area contributed by atoms with Crippen LogP contribution in [-0.4, -0.2) is 32.4 Å². The summed E-state index contributed by atoms with van der Waals surface area (Å²) in [5.41, 5.74) is 4.80.